The molecule has 2 heterocycles. The Labute approximate surface area is 196 Å². The fraction of sp³-hybridized carbons (Fsp3) is 0.440. The lowest BCUT2D eigenvalue weighted by atomic mass is 10.1. The molecule has 0 aromatic heterocycles. The molecule has 2 aliphatic rings. The zero-order valence-electron chi connectivity index (χ0n) is 19.9. The second-order valence-electron chi connectivity index (χ2n) is 9.35. The van der Waals surface area contributed by atoms with Crippen molar-refractivity contribution in [2.24, 2.45) is 0 Å². The number of aryl methyl sites for hydroxylation is 5. The molecule has 0 aliphatic carbocycles. The van der Waals surface area contributed by atoms with Gasteiger partial charge in [0.1, 0.15) is 0 Å². The molecule has 2 aliphatic heterocycles. The van der Waals surface area contributed by atoms with E-state index in [-0.39, 0.29) is 18.2 Å². The van der Waals surface area contributed by atoms with Crippen LogP contribution in [0.15, 0.2) is 35.2 Å². The Morgan fingerprint density at radius 1 is 0.879 bits per heavy atom. The minimum absolute atomic E-state index is 0.158. The van der Waals surface area contributed by atoms with Gasteiger partial charge in [0.05, 0.1) is 43.2 Å². The summed E-state index contributed by atoms with van der Waals surface area (Å²) < 4.78 is 28.3. The summed E-state index contributed by atoms with van der Waals surface area (Å²) in [5.74, 6) is -0.371. The Morgan fingerprint density at radius 2 is 1.42 bits per heavy atom. The van der Waals surface area contributed by atoms with Gasteiger partial charge in [-0.2, -0.15) is 4.31 Å². The highest BCUT2D eigenvalue weighted by atomic mass is 32.2. The molecule has 7 nitrogen and oxygen atoms in total. The van der Waals surface area contributed by atoms with Gasteiger partial charge >= 0.3 is 0 Å². The highest BCUT2D eigenvalue weighted by Crippen LogP contribution is 2.29. The number of quaternary nitrogens is 1. The molecular weight excluding hydrogens is 438 g/mol. The van der Waals surface area contributed by atoms with E-state index in [9.17, 15) is 18.0 Å². The lowest BCUT2D eigenvalue weighted by molar-refractivity contribution is -0.918. The third-order valence-corrected chi connectivity index (χ3v) is 9.07. The van der Waals surface area contributed by atoms with E-state index in [4.69, 9.17) is 0 Å². The van der Waals surface area contributed by atoms with Crippen LogP contribution in [0.5, 0.6) is 0 Å². The van der Waals surface area contributed by atoms with Gasteiger partial charge in [0, 0.05) is 0 Å². The smallest absolute Gasteiger partial charge is 0.292 e. The summed E-state index contributed by atoms with van der Waals surface area (Å²) in [6, 6.07) is 9.05. The lowest BCUT2D eigenvalue weighted by Crippen LogP contribution is -3.19. The number of anilines is 1. The van der Waals surface area contributed by atoms with Crippen LogP contribution >= 0.6 is 0 Å². The zero-order chi connectivity index (χ0) is 24.1. The van der Waals surface area contributed by atoms with Crippen molar-refractivity contribution in [3.05, 3.63) is 58.1 Å². The Hall–Kier alpha value is -2.55. The van der Waals surface area contributed by atoms with Crippen LogP contribution in [0.25, 0.3) is 0 Å². The number of carbonyl (C=O) groups is 2. The number of benzene rings is 2. The van der Waals surface area contributed by atoms with E-state index in [1.165, 1.54) is 9.21 Å². The molecule has 8 heteroatoms. The first kappa shape index (κ1) is 23.6. The molecule has 4 rings (SSSR count). The number of para-hydroxylation sites is 1. The summed E-state index contributed by atoms with van der Waals surface area (Å²) in [6.07, 6.45) is 0.158. The van der Waals surface area contributed by atoms with E-state index in [0.29, 0.717) is 36.8 Å². The topological polar surface area (TPSA) is 79.2 Å². The minimum Gasteiger partial charge on any atom is -0.322 e. The van der Waals surface area contributed by atoms with E-state index in [0.717, 1.165) is 32.7 Å². The Balaban J connectivity index is 1.51. The van der Waals surface area contributed by atoms with Crippen LogP contribution in [0, 0.1) is 34.6 Å². The maximum absolute atomic E-state index is 13.4. The molecule has 2 saturated heterocycles. The predicted molar refractivity (Wildman–Crippen MR) is 127 cm³/mol. The molecule has 0 radical (unpaired) electrons. The molecule has 33 heavy (non-hydrogen) atoms. The van der Waals surface area contributed by atoms with Crippen LogP contribution in [0.3, 0.4) is 0 Å². The third kappa shape index (κ3) is 4.11. The van der Waals surface area contributed by atoms with Gasteiger partial charge in [-0.1, -0.05) is 35.9 Å². The van der Waals surface area contributed by atoms with E-state index >= 15 is 0 Å². The van der Waals surface area contributed by atoms with Crippen LogP contribution in [0.1, 0.15) is 34.2 Å². The number of piperazine rings is 1. The van der Waals surface area contributed by atoms with E-state index < -0.39 is 16.1 Å². The quantitative estimate of drug-likeness (QED) is 0.686. The summed E-state index contributed by atoms with van der Waals surface area (Å²) in [6.45, 7) is 11.1. The maximum Gasteiger partial charge on any atom is 0.292 e. The van der Waals surface area contributed by atoms with Crippen molar-refractivity contribution in [3.63, 3.8) is 0 Å². The van der Waals surface area contributed by atoms with Crippen LogP contribution in [-0.4, -0.2) is 56.8 Å². The van der Waals surface area contributed by atoms with Crippen molar-refractivity contribution >= 4 is 27.5 Å². The van der Waals surface area contributed by atoms with Crippen molar-refractivity contribution < 1.29 is 22.9 Å². The van der Waals surface area contributed by atoms with E-state index in [2.05, 4.69) is 0 Å². The Morgan fingerprint density at radius 3 is 1.97 bits per heavy atom. The monoisotopic (exact) mass is 470 g/mol. The normalized spacial score (nSPS) is 20.6. The average Bonchev–Trinajstić information content (AvgIpc) is 3.01. The van der Waals surface area contributed by atoms with Crippen LogP contribution < -0.4 is 9.80 Å². The summed E-state index contributed by atoms with van der Waals surface area (Å²) in [5, 5.41) is 0. The van der Waals surface area contributed by atoms with E-state index in [1.807, 2.05) is 65.0 Å². The number of hydrogen-bond acceptors (Lipinski definition) is 4. The van der Waals surface area contributed by atoms with Gasteiger partial charge in [0.15, 0.2) is 6.04 Å². The van der Waals surface area contributed by atoms with Crippen molar-refractivity contribution in [2.45, 2.75) is 52.0 Å². The first-order valence-electron chi connectivity index (χ1n) is 11.4. The predicted octanol–water partition coefficient (Wildman–Crippen LogP) is 1.45. The molecule has 2 fully saturated rings. The van der Waals surface area contributed by atoms with Crippen molar-refractivity contribution in [3.8, 4) is 0 Å². The largest absolute Gasteiger partial charge is 0.322 e. The first-order chi connectivity index (χ1) is 15.5. The number of amides is 2. The number of rotatable bonds is 4. The van der Waals surface area contributed by atoms with Crippen molar-refractivity contribution in [1.82, 2.24) is 4.31 Å². The van der Waals surface area contributed by atoms with Gasteiger partial charge in [-0.05, 0) is 56.9 Å². The third-order valence-electron chi connectivity index (χ3n) is 6.87. The Bertz CT molecular complexity index is 1190. The fourth-order valence-corrected chi connectivity index (χ4v) is 7.26. The van der Waals surface area contributed by atoms with Crippen LogP contribution in [-0.2, 0) is 19.6 Å². The molecular formula is C25H32N3O4S+. The van der Waals surface area contributed by atoms with Crippen LogP contribution in [0.4, 0.5) is 5.69 Å². The first-order valence-corrected chi connectivity index (χ1v) is 12.8. The molecule has 1 N–H and O–H groups in total. The van der Waals surface area contributed by atoms with Gasteiger partial charge in [0.25, 0.3) is 5.91 Å². The molecule has 2 aromatic carbocycles. The van der Waals surface area contributed by atoms with Crippen molar-refractivity contribution in [1.29, 1.82) is 0 Å². The summed E-state index contributed by atoms with van der Waals surface area (Å²) in [7, 11) is -3.62. The van der Waals surface area contributed by atoms with Gasteiger partial charge in [-0.15, -0.1) is 0 Å². The molecule has 0 bridgehead atoms. The zero-order valence-corrected chi connectivity index (χ0v) is 20.8. The van der Waals surface area contributed by atoms with Crippen molar-refractivity contribution in [2.75, 3.05) is 31.1 Å². The molecule has 2 aromatic rings. The maximum atomic E-state index is 13.4. The number of hydrogen-bond donors (Lipinski definition) is 1. The van der Waals surface area contributed by atoms with Gasteiger partial charge < -0.3 is 4.90 Å². The van der Waals surface area contributed by atoms with Gasteiger partial charge in [0.2, 0.25) is 15.9 Å². The minimum atomic E-state index is -3.62. The van der Waals surface area contributed by atoms with Gasteiger partial charge in [-0.3, -0.25) is 9.59 Å². The number of sulfonamides is 1. The number of carbonyl (C=O) groups excluding carboxylic acids is 2. The lowest BCUT2D eigenvalue weighted by Gasteiger charge is -2.34. The number of nitrogens with one attached hydrogen (secondary N) is 1. The summed E-state index contributed by atoms with van der Waals surface area (Å²) in [4.78, 5) is 28.8. The molecule has 1 atom stereocenters. The highest BCUT2D eigenvalue weighted by Gasteiger charge is 2.48. The second kappa shape index (κ2) is 8.66. The summed E-state index contributed by atoms with van der Waals surface area (Å²) >= 11 is 0. The highest BCUT2D eigenvalue weighted by molar-refractivity contribution is 7.89. The fourth-order valence-electron chi connectivity index (χ4n) is 5.41. The number of nitrogens with zero attached hydrogens (tertiary/aromatic N) is 2. The average molecular weight is 471 g/mol. The molecule has 0 spiro atoms. The molecule has 2 amide bonds. The van der Waals surface area contributed by atoms with Crippen LogP contribution in [0.2, 0.25) is 0 Å². The molecule has 176 valence electrons. The number of imide groups is 1. The molecule has 0 unspecified atom stereocenters. The Kier molecular flexibility index (Phi) is 6.20. The summed E-state index contributed by atoms with van der Waals surface area (Å²) in [5.41, 5.74) is 5.02. The molecule has 0 saturated carbocycles. The van der Waals surface area contributed by atoms with Gasteiger partial charge in [-0.25, -0.2) is 13.3 Å². The SMILES string of the molecule is Cc1cc(C)c(S(=O)(=O)N2CC[NH+]([C@@H]3CC(=O)N(c4c(C)cccc4C)C3=O)CC2)c(C)c1. The second-order valence-corrected chi connectivity index (χ2v) is 11.2. The standard InChI is InChI=1S/C25H31N3O4S/c1-16-13-19(4)24(20(5)14-16)33(31,32)27-11-9-26(10-12-27)21-15-22(29)28(25(21)30)23-17(2)7-6-8-18(23)3/h6-8,13-14,21H,9-12,15H2,1-5H3/p+1/t21-/m1/s1. The van der Waals surface area contributed by atoms with E-state index in [1.54, 1.807) is 0 Å².